The molecule has 2 aromatic rings. The van der Waals surface area contributed by atoms with Gasteiger partial charge in [0, 0.05) is 6.04 Å². The molecule has 0 amide bonds. The number of rotatable bonds is 1. The first-order valence-corrected chi connectivity index (χ1v) is 5.89. The molecule has 1 fully saturated rings. The Hall–Kier alpha value is -1.51. The largest absolute Gasteiger partial charge is 0.369 e. The lowest BCUT2D eigenvalue weighted by Crippen LogP contribution is -2.25. The van der Waals surface area contributed by atoms with Gasteiger partial charge in [0.05, 0.1) is 11.0 Å². The van der Waals surface area contributed by atoms with Crippen LogP contribution >= 0.6 is 0 Å². The lowest BCUT2D eigenvalue weighted by Gasteiger charge is -2.34. The maximum atomic E-state index is 6.01. The summed E-state index contributed by atoms with van der Waals surface area (Å²) in [7, 11) is 0. The standard InChI is InChI=1S/C13H17N3/c1-8-3-4-11-12(7-8)16(13(14)15-11)10-5-9(2)6-10/h3-4,7,9-10H,5-6H2,1-2H3,(H2,14,15). The SMILES string of the molecule is Cc1ccc2nc(N)n(C3CC(C)C3)c2c1. The molecule has 84 valence electrons. The van der Waals surface area contributed by atoms with E-state index < -0.39 is 0 Å². The molecule has 0 atom stereocenters. The summed E-state index contributed by atoms with van der Waals surface area (Å²) in [5.41, 5.74) is 9.48. The number of anilines is 1. The fourth-order valence-electron chi connectivity index (χ4n) is 2.68. The van der Waals surface area contributed by atoms with Crippen LogP contribution in [0.5, 0.6) is 0 Å². The van der Waals surface area contributed by atoms with Gasteiger partial charge in [0.2, 0.25) is 5.95 Å². The van der Waals surface area contributed by atoms with Gasteiger partial charge >= 0.3 is 0 Å². The highest BCUT2D eigenvalue weighted by Gasteiger charge is 2.29. The number of benzene rings is 1. The molecule has 0 spiro atoms. The molecule has 1 aliphatic rings. The molecule has 0 saturated heterocycles. The van der Waals surface area contributed by atoms with Crippen molar-refractivity contribution in [2.75, 3.05) is 5.73 Å². The number of aromatic nitrogens is 2. The predicted octanol–water partition coefficient (Wildman–Crippen LogP) is 2.90. The first kappa shape index (κ1) is 9.70. The Morgan fingerprint density at radius 1 is 1.38 bits per heavy atom. The van der Waals surface area contributed by atoms with Crippen molar-refractivity contribution < 1.29 is 0 Å². The first-order valence-electron chi connectivity index (χ1n) is 5.89. The van der Waals surface area contributed by atoms with E-state index in [4.69, 9.17) is 5.73 Å². The molecular formula is C13H17N3. The van der Waals surface area contributed by atoms with Gasteiger partial charge in [-0.25, -0.2) is 4.98 Å². The first-order chi connectivity index (χ1) is 7.65. The molecular weight excluding hydrogens is 198 g/mol. The van der Waals surface area contributed by atoms with E-state index in [0.29, 0.717) is 12.0 Å². The third-order valence-corrected chi connectivity index (χ3v) is 3.59. The fourth-order valence-corrected chi connectivity index (χ4v) is 2.68. The van der Waals surface area contributed by atoms with Gasteiger partial charge in [0.15, 0.2) is 0 Å². The molecule has 0 aliphatic heterocycles. The van der Waals surface area contributed by atoms with Gasteiger partial charge < -0.3 is 10.3 Å². The average molecular weight is 215 g/mol. The minimum atomic E-state index is 0.557. The van der Waals surface area contributed by atoms with Crippen LogP contribution in [0, 0.1) is 12.8 Å². The Labute approximate surface area is 95.3 Å². The second-order valence-corrected chi connectivity index (χ2v) is 5.06. The van der Waals surface area contributed by atoms with Crippen LogP contribution < -0.4 is 5.73 Å². The lowest BCUT2D eigenvalue weighted by atomic mass is 9.81. The monoisotopic (exact) mass is 215 g/mol. The van der Waals surface area contributed by atoms with Gasteiger partial charge in [-0.3, -0.25) is 0 Å². The van der Waals surface area contributed by atoms with Crippen molar-refractivity contribution in [3.05, 3.63) is 23.8 Å². The molecule has 1 aliphatic carbocycles. The van der Waals surface area contributed by atoms with E-state index in [2.05, 4.69) is 41.6 Å². The van der Waals surface area contributed by atoms with Gasteiger partial charge in [-0.05, 0) is 43.4 Å². The van der Waals surface area contributed by atoms with Gasteiger partial charge in [0.1, 0.15) is 0 Å². The summed E-state index contributed by atoms with van der Waals surface area (Å²) >= 11 is 0. The zero-order valence-electron chi connectivity index (χ0n) is 9.77. The number of imidazole rings is 1. The van der Waals surface area contributed by atoms with E-state index in [1.165, 1.54) is 23.9 Å². The van der Waals surface area contributed by atoms with Gasteiger partial charge in [-0.1, -0.05) is 13.0 Å². The Kier molecular flexibility index (Phi) is 1.96. The molecule has 1 heterocycles. The minimum Gasteiger partial charge on any atom is -0.369 e. The molecule has 3 heteroatoms. The summed E-state index contributed by atoms with van der Waals surface area (Å²) in [6.07, 6.45) is 2.45. The molecule has 0 radical (unpaired) electrons. The van der Waals surface area contributed by atoms with Crippen molar-refractivity contribution in [2.24, 2.45) is 5.92 Å². The number of hydrogen-bond acceptors (Lipinski definition) is 2. The third kappa shape index (κ3) is 1.31. The number of nitrogens with two attached hydrogens (primary N) is 1. The van der Waals surface area contributed by atoms with Crippen LogP contribution in [0.4, 0.5) is 5.95 Å². The van der Waals surface area contributed by atoms with E-state index >= 15 is 0 Å². The van der Waals surface area contributed by atoms with Gasteiger partial charge in [-0.2, -0.15) is 0 Å². The summed E-state index contributed by atoms with van der Waals surface area (Å²) in [4.78, 5) is 4.42. The van der Waals surface area contributed by atoms with Crippen molar-refractivity contribution >= 4 is 17.0 Å². The Bertz CT molecular complexity index is 535. The maximum Gasteiger partial charge on any atom is 0.201 e. The zero-order valence-corrected chi connectivity index (χ0v) is 9.77. The van der Waals surface area contributed by atoms with Crippen molar-refractivity contribution in [3.63, 3.8) is 0 Å². The van der Waals surface area contributed by atoms with Crippen LogP contribution in [0.2, 0.25) is 0 Å². The number of hydrogen-bond donors (Lipinski definition) is 1. The van der Waals surface area contributed by atoms with Gasteiger partial charge in [0.25, 0.3) is 0 Å². The molecule has 3 rings (SSSR count). The summed E-state index contributed by atoms with van der Waals surface area (Å²) in [5.74, 6) is 1.49. The average Bonchev–Trinajstić information content (AvgIpc) is 2.49. The maximum absolute atomic E-state index is 6.01. The number of fused-ring (bicyclic) bond motifs is 1. The van der Waals surface area contributed by atoms with Crippen LogP contribution in [0.25, 0.3) is 11.0 Å². The molecule has 1 aromatic carbocycles. The van der Waals surface area contributed by atoms with Crippen molar-refractivity contribution in [1.29, 1.82) is 0 Å². The zero-order chi connectivity index (χ0) is 11.3. The highest BCUT2D eigenvalue weighted by Crippen LogP contribution is 2.40. The molecule has 16 heavy (non-hydrogen) atoms. The highest BCUT2D eigenvalue weighted by atomic mass is 15.2. The Morgan fingerprint density at radius 2 is 2.12 bits per heavy atom. The van der Waals surface area contributed by atoms with Crippen LogP contribution in [0.3, 0.4) is 0 Å². The summed E-state index contributed by atoms with van der Waals surface area (Å²) in [5, 5.41) is 0. The second-order valence-electron chi connectivity index (χ2n) is 5.06. The van der Waals surface area contributed by atoms with Gasteiger partial charge in [-0.15, -0.1) is 0 Å². The fraction of sp³-hybridized carbons (Fsp3) is 0.462. The van der Waals surface area contributed by atoms with E-state index in [0.717, 1.165) is 11.4 Å². The molecule has 3 nitrogen and oxygen atoms in total. The molecule has 0 unspecified atom stereocenters. The number of nitrogen functional groups attached to an aromatic ring is 1. The molecule has 1 saturated carbocycles. The summed E-state index contributed by atoms with van der Waals surface area (Å²) < 4.78 is 2.21. The Morgan fingerprint density at radius 3 is 2.81 bits per heavy atom. The number of nitrogens with zero attached hydrogens (tertiary/aromatic N) is 2. The summed E-state index contributed by atoms with van der Waals surface area (Å²) in [6, 6.07) is 6.88. The van der Waals surface area contributed by atoms with Crippen molar-refractivity contribution in [2.45, 2.75) is 32.7 Å². The number of aryl methyl sites for hydroxylation is 1. The third-order valence-electron chi connectivity index (χ3n) is 3.59. The van der Waals surface area contributed by atoms with E-state index in [9.17, 15) is 0 Å². The van der Waals surface area contributed by atoms with Crippen LogP contribution in [-0.4, -0.2) is 9.55 Å². The van der Waals surface area contributed by atoms with E-state index in [-0.39, 0.29) is 0 Å². The van der Waals surface area contributed by atoms with Crippen LogP contribution in [0.1, 0.15) is 31.4 Å². The Balaban J connectivity index is 2.15. The molecule has 0 bridgehead atoms. The van der Waals surface area contributed by atoms with Crippen LogP contribution in [-0.2, 0) is 0 Å². The van der Waals surface area contributed by atoms with Crippen molar-refractivity contribution in [3.8, 4) is 0 Å². The summed E-state index contributed by atoms with van der Waals surface area (Å²) in [6.45, 7) is 4.40. The predicted molar refractivity (Wildman–Crippen MR) is 66.3 cm³/mol. The normalized spacial score (nSPS) is 24.6. The minimum absolute atomic E-state index is 0.557. The molecule has 2 N–H and O–H groups in total. The van der Waals surface area contributed by atoms with E-state index in [1.807, 2.05) is 0 Å². The quantitative estimate of drug-likeness (QED) is 0.794. The highest BCUT2D eigenvalue weighted by molar-refractivity contribution is 5.79. The lowest BCUT2D eigenvalue weighted by molar-refractivity contribution is 0.223. The smallest absolute Gasteiger partial charge is 0.201 e. The van der Waals surface area contributed by atoms with Crippen LogP contribution in [0.15, 0.2) is 18.2 Å². The second kappa shape index (κ2) is 3.24. The topological polar surface area (TPSA) is 43.8 Å². The van der Waals surface area contributed by atoms with Crippen molar-refractivity contribution in [1.82, 2.24) is 9.55 Å². The van der Waals surface area contributed by atoms with E-state index in [1.54, 1.807) is 0 Å². The molecule has 1 aromatic heterocycles.